The Morgan fingerprint density at radius 1 is 1.35 bits per heavy atom. The minimum atomic E-state index is -0.537. The van der Waals surface area contributed by atoms with Crippen molar-refractivity contribution >= 4 is 33.4 Å². The van der Waals surface area contributed by atoms with E-state index in [1.54, 1.807) is 30.3 Å². The summed E-state index contributed by atoms with van der Waals surface area (Å²) in [6, 6.07) is 9.75. The van der Waals surface area contributed by atoms with Gasteiger partial charge in [-0.15, -0.1) is 0 Å². The fourth-order valence-electron chi connectivity index (χ4n) is 1.65. The zero-order valence-corrected chi connectivity index (χ0v) is 12.6. The molecule has 3 N–H and O–H groups in total. The summed E-state index contributed by atoms with van der Waals surface area (Å²) in [4.78, 5) is 0. The molecule has 0 bridgehead atoms. The Hall–Kier alpha value is -1.59. The number of nitrogen functional groups attached to an aromatic ring is 1. The van der Waals surface area contributed by atoms with Crippen LogP contribution in [-0.4, -0.2) is 5.84 Å². The van der Waals surface area contributed by atoms with E-state index < -0.39 is 5.82 Å². The van der Waals surface area contributed by atoms with Gasteiger partial charge in [0, 0.05) is 10.6 Å². The molecule has 0 heterocycles. The molecule has 104 valence electrons. The molecule has 0 fully saturated rings. The zero-order chi connectivity index (χ0) is 14.7. The van der Waals surface area contributed by atoms with Crippen LogP contribution in [0, 0.1) is 11.2 Å². The first-order valence-corrected chi connectivity index (χ1v) is 6.85. The fourth-order valence-corrected chi connectivity index (χ4v) is 2.44. The largest absolute Gasteiger partial charge is 0.488 e. The highest BCUT2D eigenvalue weighted by molar-refractivity contribution is 9.10. The van der Waals surface area contributed by atoms with Gasteiger partial charge in [-0.05, 0) is 40.2 Å². The molecule has 2 aromatic carbocycles. The van der Waals surface area contributed by atoms with Crippen molar-refractivity contribution in [1.82, 2.24) is 0 Å². The normalized spacial score (nSPS) is 10.3. The van der Waals surface area contributed by atoms with Crippen molar-refractivity contribution < 1.29 is 9.13 Å². The molecule has 0 spiro atoms. The van der Waals surface area contributed by atoms with Gasteiger partial charge >= 0.3 is 0 Å². The van der Waals surface area contributed by atoms with Crippen molar-refractivity contribution in [2.45, 2.75) is 6.61 Å². The van der Waals surface area contributed by atoms with Crippen LogP contribution in [0.4, 0.5) is 4.39 Å². The lowest BCUT2D eigenvalue weighted by molar-refractivity contribution is 0.298. The molecule has 0 saturated heterocycles. The van der Waals surface area contributed by atoms with E-state index in [1.165, 1.54) is 6.07 Å². The van der Waals surface area contributed by atoms with Crippen LogP contribution in [0.5, 0.6) is 5.75 Å². The first kappa shape index (κ1) is 14.8. The highest BCUT2D eigenvalue weighted by atomic mass is 79.9. The number of nitrogens with one attached hydrogen (secondary N) is 1. The Kier molecular flexibility index (Phi) is 4.62. The van der Waals surface area contributed by atoms with Crippen molar-refractivity contribution in [1.29, 1.82) is 5.41 Å². The molecule has 0 saturated carbocycles. The van der Waals surface area contributed by atoms with Crippen LogP contribution in [0.15, 0.2) is 40.9 Å². The maximum atomic E-state index is 14.1. The summed E-state index contributed by atoms with van der Waals surface area (Å²) in [6.07, 6.45) is 0. The first-order valence-electron chi connectivity index (χ1n) is 5.68. The molecular weight excluding hydrogens is 347 g/mol. The number of hydrogen-bond donors (Lipinski definition) is 2. The Bertz CT molecular complexity index is 664. The van der Waals surface area contributed by atoms with Crippen molar-refractivity contribution in [3.05, 3.63) is 62.8 Å². The van der Waals surface area contributed by atoms with E-state index in [9.17, 15) is 4.39 Å². The maximum Gasteiger partial charge on any atom is 0.140 e. The predicted octanol–water partition coefficient (Wildman–Crippen LogP) is 4.10. The third-order valence-electron chi connectivity index (χ3n) is 2.65. The van der Waals surface area contributed by atoms with Gasteiger partial charge in [0.05, 0.1) is 10.0 Å². The quantitative estimate of drug-likeness (QED) is 0.639. The van der Waals surface area contributed by atoms with Gasteiger partial charge in [0.25, 0.3) is 0 Å². The van der Waals surface area contributed by atoms with Crippen LogP contribution in [0.3, 0.4) is 0 Å². The SMILES string of the molecule is N=C(N)c1cccc(COc2ccc(Cl)cc2Br)c1F. The second-order valence-electron chi connectivity index (χ2n) is 4.06. The predicted molar refractivity (Wildman–Crippen MR) is 80.9 cm³/mol. The van der Waals surface area contributed by atoms with Crippen molar-refractivity contribution in [3.63, 3.8) is 0 Å². The lowest BCUT2D eigenvalue weighted by Gasteiger charge is -2.10. The molecule has 2 rings (SSSR count). The molecule has 3 nitrogen and oxygen atoms in total. The minimum absolute atomic E-state index is 0.0349. The molecule has 2 aromatic rings. The van der Waals surface area contributed by atoms with Gasteiger partial charge in [0.2, 0.25) is 0 Å². The number of amidine groups is 1. The van der Waals surface area contributed by atoms with E-state index >= 15 is 0 Å². The Morgan fingerprint density at radius 3 is 2.75 bits per heavy atom. The van der Waals surface area contributed by atoms with Crippen molar-refractivity contribution in [3.8, 4) is 5.75 Å². The van der Waals surface area contributed by atoms with Crippen molar-refractivity contribution in [2.75, 3.05) is 0 Å². The van der Waals surface area contributed by atoms with Crippen LogP contribution in [0.1, 0.15) is 11.1 Å². The average molecular weight is 358 g/mol. The standard InChI is InChI=1S/C14H11BrClFN2O/c15-11-6-9(16)4-5-12(11)20-7-8-2-1-3-10(13(8)17)14(18)19/h1-6H,7H2,(H3,18,19). The van der Waals surface area contributed by atoms with Crippen LogP contribution in [-0.2, 0) is 6.61 Å². The second-order valence-corrected chi connectivity index (χ2v) is 5.35. The average Bonchev–Trinajstić information content (AvgIpc) is 2.39. The number of rotatable bonds is 4. The van der Waals surface area contributed by atoms with Crippen LogP contribution in [0.2, 0.25) is 5.02 Å². The Morgan fingerprint density at radius 2 is 2.10 bits per heavy atom. The topological polar surface area (TPSA) is 59.1 Å². The van der Waals surface area contributed by atoms with Gasteiger partial charge in [-0.1, -0.05) is 23.7 Å². The van der Waals surface area contributed by atoms with Gasteiger partial charge in [0.1, 0.15) is 24.0 Å². The van der Waals surface area contributed by atoms with Gasteiger partial charge in [-0.25, -0.2) is 4.39 Å². The van der Waals surface area contributed by atoms with Crippen LogP contribution >= 0.6 is 27.5 Å². The van der Waals surface area contributed by atoms with Gasteiger partial charge in [0.15, 0.2) is 0 Å². The van der Waals surface area contributed by atoms with E-state index in [0.717, 1.165) is 0 Å². The molecule has 0 amide bonds. The number of hydrogen-bond acceptors (Lipinski definition) is 2. The summed E-state index contributed by atoms with van der Waals surface area (Å²) >= 11 is 9.15. The Labute approximate surface area is 129 Å². The molecule has 0 aliphatic heterocycles. The minimum Gasteiger partial charge on any atom is -0.488 e. The Balaban J connectivity index is 2.19. The second kappa shape index (κ2) is 6.24. The summed E-state index contributed by atoms with van der Waals surface area (Å²) in [5.41, 5.74) is 5.72. The lowest BCUT2D eigenvalue weighted by Crippen LogP contribution is -2.14. The first-order chi connectivity index (χ1) is 9.49. The number of halogens is 3. The van der Waals surface area contributed by atoms with Crippen LogP contribution < -0.4 is 10.5 Å². The van der Waals surface area contributed by atoms with Crippen LogP contribution in [0.25, 0.3) is 0 Å². The monoisotopic (exact) mass is 356 g/mol. The smallest absolute Gasteiger partial charge is 0.140 e. The highest BCUT2D eigenvalue weighted by Crippen LogP contribution is 2.29. The van der Waals surface area contributed by atoms with Gasteiger partial charge in [-0.2, -0.15) is 0 Å². The van der Waals surface area contributed by atoms with E-state index in [4.69, 9.17) is 27.5 Å². The third kappa shape index (κ3) is 3.29. The summed E-state index contributed by atoms with van der Waals surface area (Å²) in [5.74, 6) is -0.288. The molecule has 0 radical (unpaired) electrons. The highest BCUT2D eigenvalue weighted by Gasteiger charge is 2.11. The number of benzene rings is 2. The molecule has 20 heavy (non-hydrogen) atoms. The van der Waals surface area contributed by atoms with E-state index in [0.29, 0.717) is 20.8 Å². The van der Waals surface area contributed by atoms with Crippen molar-refractivity contribution in [2.24, 2.45) is 5.73 Å². The van der Waals surface area contributed by atoms with Gasteiger partial charge < -0.3 is 10.5 Å². The molecular formula is C14H11BrClFN2O. The molecule has 0 aliphatic carbocycles. The number of ether oxygens (including phenoxy) is 1. The molecule has 6 heteroatoms. The molecule has 0 aromatic heterocycles. The van der Waals surface area contributed by atoms with E-state index in [2.05, 4.69) is 15.9 Å². The summed E-state index contributed by atoms with van der Waals surface area (Å²) < 4.78 is 20.3. The molecule has 0 unspecified atom stereocenters. The van der Waals surface area contributed by atoms with E-state index in [-0.39, 0.29) is 18.0 Å². The lowest BCUT2D eigenvalue weighted by atomic mass is 10.1. The fraction of sp³-hybridized carbons (Fsp3) is 0.0714. The summed E-state index contributed by atoms with van der Waals surface area (Å²) in [7, 11) is 0. The number of nitrogens with two attached hydrogens (primary N) is 1. The summed E-state index contributed by atoms with van der Waals surface area (Å²) in [5, 5.41) is 7.88. The summed E-state index contributed by atoms with van der Waals surface area (Å²) in [6.45, 7) is 0.0349. The molecule has 0 atom stereocenters. The third-order valence-corrected chi connectivity index (χ3v) is 3.50. The zero-order valence-electron chi connectivity index (χ0n) is 10.3. The molecule has 0 aliphatic rings. The van der Waals surface area contributed by atoms with Gasteiger partial charge in [-0.3, -0.25) is 5.41 Å². The van der Waals surface area contributed by atoms with E-state index in [1.807, 2.05) is 0 Å². The maximum absolute atomic E-state index is 14.1.